The largest absolute Gasteiger partial charge is 0.463 e. The molecule has 2 aromatic rings. The van der Waals surface area contributed by atoms with Crippen molar-refractivity contribution < 1.29 is 57.1 Å². The van der Waals surface area contributed by atoms with E-state index in [1.54, 1.807) is 48.1 Å². The molecule has 3 fully saturated rings. The van der Waals surface area contributed by atoms with Crippen molar-refractivity contribution in [3.8, 4) is 0 Å². The molecule has 1 unspecified atom stereocenters. The van der Waals surface area contributed by atoms with Crippen molar-refractivity contribution in [1.82, 2.24) is 14.7 Å². The molecular formula is C49H71N3O12. The van der Waals surface area contributed by atoms with Gasteiger partial charge in [0.15, 0.2) is 18.2 Å². The summed E-state index contributed by atoms with van der Waals surface area (Å²) < 4.78 is 43.7. The lowest BCUT2D eigenvalue weighted by Gasteiger charge is -2.47. The molecule has 354 valence electrons. The standard InChI is InChI=1S/C49H71N3O12/c1-31-27-49(8,58-11)42(63-45-41(38(50(9)10)26-32(2)61-45)62-44(55)37-20-16-13-17-21-37)33(3)40(53)34(4)43(54)59-30-39(36-22-24-51(25-23-36)46(56)64-48(5,6)7)52(28-31)47(57)60-29-35-18-14-12-15-19-35/h12-21,31-34,36,38-39,41-42,45H,22-30H2,1-11H3/t31-,32-,33+,34?,38+,39+,41-,42-,45+,49-/m1/s1. The van der Waals surface area contributed by atoms with E-state index in [4.69, 9.17) is 33.2 Å². The summed E-state index contributed by atoms with van der Waals surface area (Å²) >= 11 is 0. The Kier molecular flexibility index (Phi) is 17.4. The van der Waals surface area contributed by atoms with Gasteiger partial charge in [-0.05, 0) is 111 Å². The predicted molar refractivity (Wildman–Crippen MR) is 238 cm³/mol. The van der Waals surface area contributed by atoms with Crippen LogP contribution in [0.2, 0.25) is 0 Å². The Morgan fingerprint density at radius 1 is 0.906 bits per heavy atom. The van der Waals surface area contributed by atoms with E-state index in [0.717, 1.165) is 5.56 Å². The fourth-order valence-electron chi connectivity index (χ4n) is 9.25. The molecule has 0 spiro atoms. The second-order valence-corrected chi connectivity index (χ2v) is 19.3. The van der Waals surface area contributed by atoms with Gasteiger partial charge in [0.1, 0.15) is 24.7 Å². The molecule has 0 saturated carbocycles. The average molecular weight is 894 g/mol. The van der Waals surface area contributed by atoms with Gasteiger partial charge in [-0.15, -0.1) is 0 Å². The highest BCUT2D eigenvalue weighted by Gasteiger charge is 2.51. The van der Waals surface area contributed by atoms with Gasteiger partial charge in [-0.3, -0.25) is 9.59 Å². The summed E-state index contributed by atoms with van der Waals surface area (Å²) in [4.78, 5) is 74.9. The number of piperidine rings is 1. The number of amides is 2. The number of benzene rings is 2. The molecule has 0 N–H and O–H groups in total. The number of nitrogens with zero attached hydrogens (tertiary/aromatic N) is 3. The maximum atomic E-state index is 14.5. The summed E-state index contributed by atoms with van der Waals surface area (Å²) in [5, 5.41) is 0. The Morgan fingerprint density at radius 3 is 2.12 bits per heavy atom. The van der Waals surface area contributed by atoms with Crippen LogP contribution in [0.15, 0.2) is 60.7 Å². The Balaban J connectivity index is 1.50. The highest BCUT2D eigenvalue weighted by molar-refractivity contribution is 6.00. The van der Waals surface area contributed by atoms with Gasteiger partial charge in [0.2, 0.25) is 0 Å². The third-order valence-electron chi connectivity index (χ3n) is 12.8. The number of hydrogen-bond donors (Lipinski definition) is 0. The van der Waals surface area contributed by atoms with Crippen molar-refractivity contribution in [1.29, 1.82) is 0 Å². The van der Waals surface area contributed by atoms with E-state index in [2.05, 4.69) is 0 Å². The molecule has 2 aromatic carbocycles. The molecule has 64 heavy (non-hydrogen) atoms. The minimum atomic E-state index is -1.22. The molecule has 3 heterocycles. The number of methoxy groups -OCH3 is 1. The lowest BCUT2D eigenvalue weighted by Crippen LogP contribution is -2.60. The third-order valence-corrected chi connectivity index (χ3v) is 12.8. The van der Waals surface area contributed by atoms with Crippen LogP contribution < -0.4 is 0 Å². The SMILES string of the molecule is CO[C@]1(C)C[C@@H](C)CN(C(=O)OCc2ccccc2)[C@H](C2CCN(C(=O)OC(C)(C)C)CC2)COC(=O)C(C)C(=O)[C@H](C)[C@H]1O[C@@H]1O[C@H](C)C[C@H](N(C)C)[C@H]1OC(=O)c1ccccc1. The minimum Gasteiger partial charge on any atom is -0.463 e. The fourth-order valence-corrected chi connectivity index (χ4v) is 9.25. The van der Waals surface area contributed by atoms with E-state index in [1.807, 2.05) is 96.9 Å². The molecular weight excluding hydrogens is 823 g/mol. The molecule has 10 atom stereocenters. The first-order valence-corrected chi connectivity index (χ1v) is 22.6. The predicted octanol–water partition coefficient (Wildman–Crippen LogP) is 7.15. The number of cyclic esters (lactones) is 1. The van der Waals surface area contributed by atoms with E-state index in [-0.39, 0.29) is 50.2 Å². The Labute approximate surface area is 379 Å². The van der Waals surface area contributed by atoms with E-state index in [0.29, 0.717) is 37.9 Å². The van der Waals surface area contributed by atoms with Crippen LogP contribution in [-0.2, 0) is 49.4 Å². The van der Waals surface area contributed by atoms with Crippen molar-refractivity contribution in [2.75, 3.05) is 47.4 Å². The zero-order chi connectivity index (χ0) is 46.9. The molecule has 5 rings (SSSR count). The van der Waals surface area contributed by atoms with Crippen LogP contribution in [0, 0.1) is 23.7 Å². The van der Waals surface area contributed by atoms with Crippen LogP contribution in [-0.4, -0.2) is 140 Å². The fraction of sp³-hybridized carbons (Fsp3) is 0.653. The maximum Gasteiger partial charge on any atom is 0.410 e. The van der Waals surface area contributed by atoms with Crippen LogP contribution in [0.4, 0.5) is 9.59 Å². The molecule has 3 saturated heterocycles. The molecule has 0 radical (unpaired) electrons. The summed E-state index contributed by atoms with van der Waals surface area (Å²) in [6.45, 7) is 15.2. The van der Waals surface area contributed by atoms with Crippen molar-refractivity contribution in [3.05, 3.63) is 71.8 Å². The van der Waals surface area contributed by atoms with Crippen molar-refractivity contribution in [3.63, 3.8) is 0 Å². The van der Waals surface area contributed by atoms with Crippen LogP contribution in [0.3, 0.4) is 0 Å². The van der Waals surface area contributed by atoms with Gasteiger partial charge < -0.3 is 47.9 Å². The Morgan fingerprint density at radius 2 is 1.53 bits per heavy atom. The highest BCUT2D eigenvalue weighted by Crippen LogP contribution is 2.38. The average Bonchev–Trinajstić information content (AvgIpc) is 3.26. The first-order chi connectivity index (χ1) is 30.2. The van der Waals surface area contributed by atoms with Crippen molar-refractivity contribution >= 4 is 29.9 Å². The number of ether oxygens (including phenoxy) is 7. The number of carbonyl (C=O) groups is 5. The topological polar surface area (TPSA) is 160 Å². The summed E-state index contributed by atoms with van der Waals surface area (Å²) in [6.07, 6.45) is -2.57. The number of carbonyl (C=O) groups excluding carboxylic acids is 5. The number of ketones is 1. The number of esters is 2. The molecule has 0 aromatic heterocycles. The van der Waals surface area contributed by atoms with Crippen LogP contribution in [0.1, 0.15) is 97.0 Å². The summed E-state index contributed by atoms with van der Waals surface area (Å²) in [5.74, 6) is -4.39. The van der Waals surface area contributed by atoms with E-state index >= 15 is 0 Å². The van der Waals surface area contributed by atoms with Gasteiger partial charge in [-0.25, -0.2) is 14.4 Å². The minimum absolute atomic E-state index is 0.0205. The number of likely N-dealkylation sites (N-methyl/N-ethyl adjacent to an activating group) is 1. The van der Waals surface area contributed by atoms with Gasteiger partial charge in [-0.2, -0.15) is 0 Å². The first-order valence-electron chi connectivity index (χ1n) is 22.6. The summed E-state index contributed by atoms with van der Waals surface area (Å²) in [5.41, 5.74) is -0.709. The molecule has 15 heteroatoms. The quantitative estimate of drug-likeness (QED) is 0.142. The highest BCUT2D eigenvalue weighted by atomic mass is 16.7. The van der Waals surface area contributed by atoms with Crippen LogP contribution >= 0.6 is 0 Å². The zero-order valence-corrected chi connectivity index (χ0v) is 39.7. The first kappa shape index (κ1) is 50.4. The normalized spacial score (nSPS) is 30.3. The Hall–Kier alpha value is -4.57. The number of rotatable bonds is 9. The van der Waals surface area contributed by atoms with Crippen LogP contribution in [0.25, 0.3) is 0 Å². The zero-order valence-electron chi connectivity index (χ0n) is 39.7. The molecule has 0 bridgehead atoms. The molecule has 15 nitrogen and oxygen atoms in total. The second-order valence-electron chi connectivity index (χ2n) is 19.3. The van der Waals surface area contributed by atoms with Crippen molar-refractivity contribution in [2.24, 2.45) is 23.7 Å². The summed E-state index contributed by atoms with van der Waals surface area (Å²) in [6, 6.07) is 17.1. The number of Topliss-reactive ketones (excluding diaryl/α,β-unsaturated/α-hetero) is 1. The Bertz CT molecular complexity index is 1870. The van der Waals surface area contributed by atoms with Gasteiger partial charge in [-0.1, -0.05) is 62.4 Å². The maximum absolute atomic E-state index is 14.5. The number of hydrogen-bond acceptors (Lipinski definition) is 13. The summed E-state index contributed by atoms with van der Waals surface area (Å²) in [7, 11) is 5.34. The monoisotopic (exact) mass is 894 g/mol. The third kappa shape index (κ3) is 13.0. The van der Waals surface area contributed by atoms with Crippen LogP contribution in [0.5, 0.6) is 0 Å². The van der Waals surface area contributed by atoms with Gasteiger partial charge in [0, 0.05) is 32.7 Å². The van der Waals surface area contributed by atoms with E-state index in [1.165, 1.54) is 6.92 Å². The molecule has 3 aliphatic heterocycles. The number of likely N-dealkylation sites (tertiary alicyclic amines) is 1. The van der Waals surface area contributed by atoms with Gasteiger partial charge in [0.05, 0.1) is 35.5 Å². The van der Waals surface area contributed by atoms with Gasteiger partial charge >= 0.3 is 24.1 Å². The van der Waals surface area contributed by atoms with Crippen molar-refractivity contribution in [2.45, 2.75) is 136 Å². The molecule has 0 aliphatic carbocycles. The smallest absolute Gasteiger partial charge is 0.410 e. The van der Waals surface area contributed by atoms with E-state index < -0.39 is 77.5 Å². The lowest BCUT2D eigenvalue weighted by atomic mass is 9.78. The van der Waals surface area contributed by atoms with E-state index in [9.17, 15) is 24.0 Å². The second kappa shape index (κ2) is 22.1. The molecule has 3 aliphatic rings. The lowest BCUT2D eigenvalue weighted by molar-refractivity contribution is -0.294. The molecule has 2 amide bonds. The van der Waals surface area contributed by atoms with Gasteiger partial charge in [0.25, 0.3) is 0 Å².